The van der Waals surface area contributed by atoms with Gasteiger partial charge in [-0.05, 0) is 79.3 Å². The molecule has 75 heavy (non-hydrogen) atoms. The standard InChI is InChI=1S/C53H71N13O9/c1-3-4-16-39(60-31(2)67)47(70)65-43-29-45(68)57-23-10-9-18-38(46(54)69)61-50(73)42(28-35-30-59-37-17-8-7-15-36(35)37)63-48(71)40(19-11-24-58-53(55)56)62-49(72)41(64-51(74)44-20-12-25-66(44)52(43)75)27-32-21-22-33-13-5-6-14-34(33)26-32/h5-8,13-15,17,21-22,26,30,38-44,59H,3-4,9-12,16,18-20,23-25,27-29H2,1-2H3,(H2,54,69)(H,57,68)(H,60,67)(H,61,73)(H,62,72)(H,63,71)(H,64,74)(H,65,70)(H4,55,56,58)/t38-,39-,40-,41+,42?,43-,44-/m0/s1. The van der Waals surface area contributed by atoms with Crippen LogP contribution in [-0.2, 0) is 56.0 Å². The number of nitrogens with two attached hydrogens (primary N) is 3. The van der Waals surface area contributed by atoms with Gasteiger partial charge in [0.2, 0.25) is 53.2 Å². The Hall–Kier alpha value is -8.04. The fourth-order valence-electron chi connectivity index (χ4n) is 9.54. The molecule has 2 aliphatic rings. The van der Waals surface area contributed by atoms with Gasteiger partial charge in [-0.3, -0.25) is 48.1 Å². The average molecular weight is 1030 g/mol. The number of aromatic nitrogens is 1. The first-order valence-corrected chi connectivity index (χ1v) is 25.7. The zero-order chi connectivity index (χ0) is 54.0. The Labute approximate surface area is 435 Å². The van der Waals surface area contributed by atoms with Crippen LogP contribution >= 0.6 is 0 Å². The number of aromatic amines is 1. The molecule has 402 valence electrons. The van der Waals surface area contributed by atoms with E-state index in [0.717, 1.165) is 21.7 Å². The maximum Gasteiger partial charge on any atom is 0.246 e. The third-order valence-corrected chi connectivity index (χ3v) is 13.5. The van der Waals surface area contributed by atoms with Crippen LogP contribution < -0.4 is 54.4 Å². The maximum absolute atomic E-state index is 14.8. The minimum absolute atomic E-state index is 0.0255. The summed E-state index contributed by atoms with van der Waals surface area (Å²) in [5, 5.41) is 21.9. The molecule has 0 spiro atoms. The Morgan fingerprint density at radius 2 is 1.47 bits per heavy atom. The molecule has 14 N–H and O–H groups in total. The molecule has 0 aliphatic carbocycles. The first kappa shape index (κ1) is 56.3. The number of nitrogens with zero attached hydrogens (tertiary/aromatic N) is 2. The lowest BCUT2D eigenvalue weighted by atomic mass is 9.99. The summed E-state index contributed by atoms with van der Waals surface area (Å²) in [5.74, 6) is -6.45. The molecule has 0 bridgehead atoms. The summed E-state index contributed by atoms with van der Waals surface area (Å²) in [6, 6.07) is 11.8. The number of nitrogens with one attached hydrogen (secondary N) is 8. The molecular formula is C53H71N13O9. The quantitative estimate of drug-likeness (QED) is 0.0441. The summed E-state index contributed by atoms with van der Waals surface area (Å²) in [7, 11) is 0. The van der Waals surface area contributed by atoms with Gasteiger partial charge in [0, 0.05) is 56.5 Å². The van der Waals surface area contributed by atoms with Crippen LogP contribution in [0.5, 0.6) is 0 Å². The van der Waals surface area contributed by atoms with Crippen molar-refractivity contribution >= 4 is 80.8 Å². The molecule has 0 saturated carbocycles. The van der Waals surface area contributed by atoms with Gasteiger partial charge in [-0.2, -0.15) is 0 Å². The van der Waals surface area contributed by atoms with Gasteiger partial charge in [0.05, 0.1) is 6.42 Å². The van der Waals surface area contributed by atoms with Gasteiger partial charge in [0.1, 0.15) is 42.3 Å². The van der Waals surface area contributed by atoms with Gasteiger partial charge < -0.3 is 64.3 Å². The highest BCUT2D eigenvalue weighted by molar-refractivity contribution is 5.99. The molecule has 9 amide bonds. The highest BCUT2D eigenvalue weighted by Crippen LogP contribution is 2.23. The molecule has 2 saturated heterocycles. The zero-order valence-electron chi connectivity index (χ0n) is 42.6. The molecule has 2 aliphatic heterocycles. The third kappa shape index (κ3) is 16.2. The van der Waals surface area contributed by atoms with E-state index in [1.165, 1.54) is 11.8 Å². The van der Waals surface area contributed by atoms with Crippen molar-refractivity contribution in [2.24, 2.45) is 22.2 Å². The average Bonchev–Trinajstić information content (AvgIpc) is 4.04. The molecule has 3 aromatic carbocycles. The molecule has 7 atom stereocenters. The Morgan fingerprint density at radius 1 is 0.773 bits per heavy atom. The number of carbonyl (C=O) groups is 9. The van der Waals surface area contributed by atoms with Crippen LogP contribution in [-0.4, -0.2) is 131 Å². The highest BCUT2D eigenvalue weighted by Gasteiger charge is 2.41. The van der Waals surface area contributed by atoms with Crippen LogP contribution in [0.15, 0.2) is 77.9 Å². The summed E-state index contributed by atoms with van der Waals surface area (Å²) in [5.41, 5.74) is 19.2. The van der Waals surface area contributed by atoms with Crippen molar-refractivity contribution in [1.29, 1.82) is 0 Å². The van der Waals surface area contributed by atoms with E-state index in [1.54, 1.807) is 6.20 Å². The van der Waals surface area contributed by atoms with Crippen molar-refractivity contribution in [3.05, 3.63) is 84.1 Å². The van der Waals surface area contributed by atoms with E-state index in [2.05, 4.69) is 47.2 Å². The number of hydrogen-bond donors (Lipinski definition) is 11. The summed E-state index contributed by atoms with van der Waals surface area (Å²) >= 11 is 0. The Bertz CT molecular complexity index is 2740. The number of fused-ring (bicyclic) bond motifs is 3. The van der Waals surface area contributed by atoms with E-state index in [1.807, 2.05) is 73.7 Å². The number of benzene rings is 3. The minimum atomic E-state index is -1.47. The molecule has 22 nitrogen and oxygen atoms in total. The molecular weight excluding hydrogens is 963 g/mol. The number of aliphatic imine (C=N–C) groups is 1. The van der Waals surface area contributed by atoms with E-state index in [9.17, 15) is 43.2 Å². The van der Waals surface area contributed by atoms with Crippen LogP contribution in [0.3, 0.4) is 0 Å². The first-order chi connectivity index (χ1) is 36.0. The largest absolute Gasteiger partial charge is 0.370 e. The number of para-hydroxylation sites is 1. The number of primary amides is 1. The second kappa shape index (κ2) is 27.3. The molecule has 1 aromatic heterocycles. The Morgan fingerprint density at radius 3 is 2.21 bits per heavy atom. The van der Waals surface area contributed by atoms with Crippen molar-refractivity contribution in [2.45, 2.75) is 140 Å². The lowest BCUT2D eigenvalue weighted by molar-refractivity contribution is -0.143. The molecule has 2 fully saturated rings. The number of amides is 9. The van der Waals surface area contributed by atoms with Crippen LogP contribution in [0, 0.1) is 0 Å². The molecule has 0 radical (unpaired) electrons. The normalized spacial score (nSPS) is 22.1. The van der Waals surface area contributed by atoms with Crippen molar-refractivity contribution in [1.82, 2.24) is 47.1 Å². The molecule has 4 aromatic rings. The van der Waals surface area contributed by atoms with Crippen molar-refractivity contribution in [3.63, 3.8) is 0 Å². The number of hydrogen-bond acceptors (Lipinski definition) is 10. The zero-order valence-corrected chi connectivity index (χ0v) is 42.6. The van der Waals surface area contributed by atoms with Crippen LogP contribution in [0.4, 0.5) is 0 Å². The van der Waals surface area contributed by atoms with Gasteiger partial charge in [-0.15, -0.1) is 0 Å². The summed E-state index contributed by atoms with van der Waals surface area (Å²) < 4.78 is 0. The lowest BCUT2D eigenvalue weighted by Crippen LogP contribution is -2.60. The van der Waals surface area contributed by atoms with Gasteiger partial charge >= 0.3 is 0 Å². The van der Waals surface area contributed by atoms with E-state index < -0.39 is 102 Å². The maximum atomic E-state index is 14.8. The number of unbranched alkanes of at least 4 members (excludes halogenated alkanes) is 1. The van der Waals surface area contributed by atoms with Crippen molar-refractivity contribution < 1.29 is 43.2 Å². The number of guanidine groups is 1. The van der Waals surface area contributed by atoms with Crippen molar-refractivity contribution in [3.8, 4) is 0 Å². The van der Waals surface area contributed by atoms with Gasteiger partial charge in [-0.25, -0.2) is 0 Å². The second-order valence-corrected chi connectivity index (χ2v) is 19.2. The van der Waals surface area contributed by atoms with Crippen molar-refractivity contribution in [2.75, 3.05) is 19.6 Å². The number of carbonyl (C=O) groups excluding carboxylic acids is 9. The monoisotopic (exact) mass is 1030 g/mol. The Kier molecular flexibility index (Phi) is 20.5. The molecule has 3 heterocycles. The fraction of sp³-hybridized carbons (Fsp3) is 0.472. The van der Waals surface area contributed by atoms with Crippen LogP contribution in [0.25, 0.3) is 21.7 Å². The topological polar surface area (TPSA) is 347 Å². The number of H-pyrrole nitrogens is 1. The molecule has 22 heteroatoms. The van der Waals surface area contributed by atoms with E-state index in [-0.39, 0.29) is 77.0 Å². The SMILES string of the molecule is CCCC[C@H](NC(C)=O)C(=O)N[C@H]1CC(=O)NCCCC[C@@H](C(N)=O)NC(=O)C(Cc2c[nH]c3ccccc23)NC(=O)[C@H](CCCN=C(N)N)NC(=O)[C@@H](Cc2ccc3ccccc3c2)NC(=O)[C@@H]2CCCN2C1=O. The molecule has 6 rings (SSSR count). The van der Waals surface area contributed by atoms with E-state index in [0.29, 0.717) is 36.8 Å². The highest BCUT2D eigenvalue weighted by atomic mass is 16.2. The smallest absolute Gasteiger partial charge is 0.246 e. The Balaban J connectivity index is 1.38. The summed E-state index contributed by atoms with van der Waals surface area (Å²) in [6.07, 6.45) is 4.03. The lowest BCUT2D eigenvalue weighted by Gasteiger charge is -2.31. The van der Waals surface area contributed by atoms with Gasteiger partial charge in [0.25, 0.3) is 0 Å². The van der Waals surface area contributed by atoms with Gasteiger partial charge in [0.15, 0.2) is 5.96 Å². The molecule has 1 unspecified atom stereocenters. The minimum Gasteiger partial charge on any atom is -0.370 e. The van der Waals surface area contributed by atoms with Gasteiger partial charge in [-0.1, -0.05) is 80.4 Å². The summed E-state index contributed by atoms with van der Waals surface area (Å²) in [4.78, 5) is 134. The van der Waals surface area contributed by atoms with E-state index >= 15 is 0 Å². The number of rotatable bonds is 15. The second-order valence-electron chi connectivity index (χ2n) is 19.2. The summed E-state index contributed by atoms with van der Waals surface area (Å²) in [6.45, 7) is 3.44. The first-order valence-electron chi connectivity index (χ1n) is 25.7. The third-order valence-electron chi connectivity index (χ3n) is 13.5. The van der Waals surface area contributed by atoms with Crippen LogP contribution in [0.1, 0.15) is 95.6 Å². The fourth-order valence-corrected chi connectivity index (χ4v) is 9.54. The van der Waals surface area contributed by atoms with E-state index in [4.69, 9.17) is 17.2 Å². The van der Waals surface area contributed by atoms with Crippen LogP contribution in [0.2, 0.25) is 0 Å². The predicted octanol–water partition coefficient (Wildman–Crippen LogP) is 0.445. The predicted molar refractivity (Wildman–Crippen MR) is 282 cm³/mol.